The van der Waals surface area contributed by atoms with Gasteiger partial charge in [-0.2, -0.15) is 13.2 Å². The molecule has 1 unspecified atom stereocenters. The Morgan fingerprint density at radius 2 is 1.70 bits per heavy atom. The van der Waals surface area contributed by atoms with Gasteiger partial charge in [0.25, 0.3) is 0 Å². The molecule has 0 radical (unpaired) electrons. The molecule has 5 heteroatoms. The van der Waals surface area contributed by atoms with Crippen LogP contribution in [0, 0.1) is 5.82 Å². The summed E-state index contributed by atoms with van der Waals surface area (Å²) in [5.74, 6) is -0.307. The van der Waals surface area contributed by atoms with E-state index in [4.69, 9.17) is 0 Å². The lowest BCUT2D eigenvalue weighted by atomic mass is 10.0. The van der Waals surface area contributed by atoms with E-state index in [9.17, 15) is 17.6 Å². The Morgan fingerprint density at radius 1 is 1.00 bits per heavy atom. The molecule has 1 N–H and O–H groups in total. The maximum atomic E-state index is 13.1. The van der Waals surface area contributed by atoms with Crippen LogP contribution in [0.2, 0.25) is 0 Å². The summed E-state index contributed by atoms with van der Waals surface area (Å²) in [6, 6.07) is 9.41. The number of rotatable bonds is 1. The van der Waals surface area contributed by atoms with E-state index >= 15 is 0 Å². The molecule has 0 aromatic heterocycles. The predicted octanol–water partition coefficient (Wildman–Crippen LogP) is 4.55. The third-order valence-corrected chi connectivity index (χ3v) is 3.46. The molecule has 2 aromatic carbocycles. The summed E-state index contributed by atoms with van der Waals surface area (Å²) in [4.78, 5) is 0. The monoisotopic (exact) mass is 281 g/mol. The first kappa shape index (κ1) is 13.0. The van der Waals surface area contributed by atoms with Gasteiger partial charge >= 0.3 is 6.18 Å². The Kier molecular flexibility index (Phi) is 2.92. The van der Waals surface area contributed by atoms with Gasteiger partial charge in [0.1, 0.15) is 5.82 Å². The van der Waals surface area contributed by atoms with Crippen molar-refractivity contribution < 1.29 is 17.6 Å². The van der Waals surface area contributed by atoms with Gasteiger partial charge in [-0.15, -0.1) is 0 Å². The maximum Gasteiger partial charge on any atom is 0.416 e. The maximum absolute atomic E-state index is 13.1. The lowest BCUT2D eigenvalue weighted by molar-refractivity contribution is -0.137. The average molecular weight is 281 g/mol. The van der Waals surface area contributed by atoms with Gasteiger partial charge in [0.05, 0.1) is 11.6 Å². The second-order valence-corrected chi connectivity index (χ2v) is 4.82. The number of benzene rings is 2. The summed E-state index contributed by atoms with van der Waals surface area (Å²) in [5, 5.41) is 3.19. The van der Waals surface area contributed by atoms with Crippen LogP contribution in [-0.4, -0.2) is 0 Å². The highest BCUT2D eigenvalue weighted by molar-refractivity contribution is 5.58. The van der Waals surface area contributed by atoms with Gasteiger partial charge in [0, 0.05) is 5.69 Å². The zero-order valence-electron chi connectivity index (χ0n) is 10.3. The van der Waals surface area contributed by atoms with Crippen molar-refractivity contribution in [1.82, 2.24) is 0 Å². The molecule has 0 saturated carbocycles. The van der Waals surface area contributed by atoms with Crippen molar-refractivity contribution in [1.29, 1.82) is 0 Å². The van der Waals surface area contributed by atoms with Gasteiger partial charge in [-0.05, 0) is 47.9 Å². The zero-order valence-corrected chi connectivity index (χ0v) is 10.3. The molecule has 2 aromatic rings. The lowest BCUT2D eigenvalue weighted by Gasteiger charge is -2.13. The van der Waals surface area contributed by atoms with Crippen molar-refractivity contribution in [3.63, 3.8) is 0 Å². The molecule has 0 spiro atoms. The molecule has 0 aliphatic carbocycles. The van der Waals surface area contributed by atoms with Crippen LogP contribution in [0.1, 0.15) is 22.7 Å². The summed E-state index contributed by atoms with van der Waals surface area (Å²) >= 11 is 0. The third kappa shape index (κ3) is 2.35. The Hall–Kier alpha value is -2.04. The fourth-order valence-corrected chi connectivity index (χ4v) is 2.44. The minimum absolute atomic E-state index is 0.117. The number of hydrogen-bond donors (Lipinski definition) is 1. The summed E-state index contributed by atoms with van der Waals surface area (Å²) < 4.78 is 50.6. The normalized spacial score (nSPS) is 17.7. The minimum Gasteiger partial charge on any atom is -0.378 e. The quantitative estimate of drug-likeness (QED) is 0.756. The van der Waals surface area contributed by atoms with E-state index in [1.807, 2.05) is 0 Å². The van der Waals surface area contributed by atoms with Crippen molar-refractivity contribution in [2.24, 2.45) is 0 Å². The molecule has 20 heavy (non-hydrogen) atoms. The largest absolute Gasteiger partial charge is 0.416 e. The first-order valence-corrected chi connectivity index (χ1v) is 6.15. The summed E-state index contributed by atoms with van der Waals surface area (Å²) in [6.07, 6.45) is -3.76. The molecule has 0 amide bonds. The second-order valence-electron chi connectivity index (χ2n) is 4.82. The molecule has 1 aliphatic rings. The molecule has 104 valence electrons. The smallest absolute Gasteiger partial charge is 0.378 e. The highest BCUT2D eigenvalue weighted by Gasteiger charge is 2.30. The van der Waals surface area contributed by atoms with Crippen molar-refractivity contribution in [2.75, 3.05) is 5.32 Å². The number of anilines is 1. The Labute approximate surface area is 113 Å². The Bertz CT molecular complexity index is 631. The number of fused-ring (bicyclic) bond motifs is 1. The molecule has 0 bridgehead atoms. The lowest BCUT2D eigenvalue weighted by Crippen LogP contribution is -2.08. The molecule has 1 heterocycles. The van der Waals surface area contributed by atoms with E-state index < -0.39 is 11.7 Å². The van der Waals surface area contributed by atoms with Crippen LogP contribution in [0.25, 0.3) is 0 Å². The van der Waals surface area contributed by atoms with E-state index in [-0.39, 0.29) is 11.9 Å². The summed E-state index contributed by atoms with van der Waals surface area (Å²) in [5.41, 5.74) is 1.77. The first-order chi connectivity index (χ1) is 9.43. The fourth-order valence-electron chi connectivity index (χ4n) is 2.44. The minimum atomic E-state index is -4.33. The van der Waals surface area contributed by atoms with Crippen LogP contribution in [0.15, 0.2) is 42.5 Å². The third-order valence-electron chi connectivity index (χ3n) is 3.46. The first-order valence-electron chi connectivity index (χ1n) is 6.15. The molecule has 0 fully saturated rings. The van der Waals surface area contributed by atoms with E-state index in [0.29, 0.717) is 6.42 Å². The van der Waals surface area contributed by atoms with Gasteiger partial charge in [0.15, 0.2) is 0 Å². The fraction of sp³-hybridized carbons (Fsp3) is 0.200. The molecule has 1 nitrogen and oxygen atoms in total. The van der Waals surface area contributed by atoms with Crippen LogP contribution in [0.4, 0.5) is 23.2 Å². The van der Waals surface area contributed by atoms with Gasteiger partial charge in [-0.3, -0.25) is 0 Å². The van der Waals surface area contributed by atoms with E-state index in [1.54, 1.807) is 6.07 Å². The molecule has 3 rings (SSSR count). The second kappa shape index (κ2) is 4.51. The van der Waals surface area contributed by atoms with Crippen molar-refractivity contribution in [2.45, 2.75) is 18.6 Å². The average Bonchev–Trinajstić information content (AvgIpc) is 2.80. The number of nitrogens with one attached hydrogen (secondary N) is 1. The van der Waals surface area contributed by atoms with Gasteiger partial charge < -0.3 is 5.32 Å². The van der Waals surface area contributed by atoms with Gasteiger partial charge in [0.2, 0.25) is 0 Å². The summed E-state index contributed by atoms with van der Waals surface area (Å²) in [6.45, 7) is 0. The standard InChI is InChI=1S/C15H11F4N/c16-12-5-6-13-10(7-12)8-14(20-13)9-1-3-11(4-2-9)15(17,18)19/h1-7,14,20H,8H2. The van der Waals surface area contributed by atoms with Gasteiger partial charge in [-0.1, -0.05) is 12.1 Å². The SMILES string of the molecule is Fc1ccc2c(c1)CC(c1ccc(C(F)(F)F)cc1)N2. The number of alkyl halides is 3. The highest BCUT2D eigenvalue weighted by atomic mass is 19.4. The molecular weight excluding hydrogens is 270 g/mol. The Balaban J connectivity index is 1.83. The topological polar surface area (TPSA) is 12.0 Å². The van der Waals surface area contributed by atoms with E-state index in [0.717, 1.165) is 28.9 Å². The highest BCUT2D eigenvalue weighted by Crippen LogP contribution is 2.36. The van der Waals surface area contributed by atoms with Gasteiger partial charge in [-0.25, -0.2) is 4.39 Å². The van der Waals surface area contributed by atoms with E-state index in [1.165, 1.54) is 24.3 Å². The number of halogens is 4. The summed E-state index contributed by atoms with van der Waals surface area (Å²) in [7, 11) is 0. The molecular formula is C15H11F4N. The zero-order chi connectivity index (χ0) is 14.3. The van der Waals surface area contributed by atoms with Crippen LogP contribution >= 0.6 is 0 Å². The predicted molar refractivity (Wildman–Crippen MR) is 67.9 cm³/mol. The molecule has 0 saturated heterocycles. The number of hydrogen-bond acceptors (Lipinski definition) is 1. The van der Waals surface area contributed by atoms with Crippen LogP contribution in [0.5, 0.6) is 0 Å². The van der Waals surface area contributed by atoms with Crippen molar-refractivity contribution >= 4 is 5.69 Å². The molecule has 1 aliphatic heterocycles. The van der Waals surface area contributed by atoms with Crippen LogP contribution < -0.4 is 5.32 Å². The van der Waals surface area contributed by atoms with Crippen LogP contribution in [0.3, 0.4) is 0 Å². The molecule has 1 atom stereocenters. The van der Waals surface area contributed by atoms with E-state index in [2.05, 4.69) is 5.32 Å². The van der Waals surface area contributed by atoms with Crippen molar-refractivity contribution in [3.05, 3.63) is 65.0 Å². The Morgan fingerprint density at radius 3 is 2.35 bits per heavy atom. The van der Waals surface area contributed by atoms with Crippen LogP contribution in [-0.2, 0) is 12.6 Å². The van der Waals surface area contributed by atoms with Crippen molar-refractivity contribution in [3.8, 4) is 0 Å².